The summed E-state index contributed by atoms with van der Waals surface area (Å²) in [5.41, 5.74) is 1.64. The molecule has 0 N–H and O–H groups in total. The number of ether oxygens (including phenoxy) is 2. The number of nitrogens with zero attached hydrogens (tertiary/aromatic N) is 2. The molecule has 0 spiro atoms. The van der Waals surface area contributed by atoms with E-state index in [0.29, 0.717) is 33.9 Å². The molecule has 134 valence electrons. The van der Waals surface area contributed by atoms with E-state index in [-0.39, 0.29) is 5.82 Å². The lowest BCUT2D eigenvalue weighted by Gasteiger charge is -2.13. The van der Waals surface area contributed by atoms with Crippen molar-refractivity contribution in [3.05, 3.63) is 70.6 Å². The van der Waals surface area contributed by atoms with Crippen LogP contribution in [0.15, 0.2) is 53.7 Å². The fourth-order valence-corrected chi connectivity index (χ4v) is 2.97. The summed E-state index contributed by atoms with van der Waals surface area (Å²) in [7, 11) is 1.62. The van der Waals surface area contributed by atoms with E-state index in [2.05, 4.69) is 9.97 Å². The standard InChI is InChI=1S/C19H16ClFN2O2S/c1-24-14-8-6-12(7-9-14)10-16-17(20)22-19(26-2)23-18(16)25-15-5-3-4-13(21)11-15/h3-9,11H,10H2,1-2H3. The van der Waals surface area contributed by atoms with Gasteiger partial charge in [0.2, 0.25) is 5.88 Å². The SMILES string of the molecule is COc1ccc(Cc2c(Cl)nc(SC)nc2Oc2cccc(F)c2)cc1. The molecule has 0 radical (unpaired) electrons. The topological polar surface area (TPSA) is 44.2 Å². The van der Waals surface area contributed by atoms with Crippen LogP contribution in [0.3, 0.4) is 0 Å². The Balaban J connectivity index is 1.96. The Labute approximate surface area is 160 Å². The Morgan fingerprint density at radius 2 is 1.85 bits per heavy atom. The second-order valence-electron chi connectivity index (χ2n) is 5.37. The normalized spacial score (nSPS) is 10.6. The van der Waals surface area contributed by atoms with E-state index in [0.717, 1.165) is 11.3 Å². The first kappa shape index (κ1) is 18.5. The van der Waals surface area contributed by atoms with E-state index in [4.69, 9.17) is 21.1 Å². The van der Waals surface area contributed by atoms with Crippen molar-refractivity contribution in [2.75, 3.05) is 13.4 Å². The van der Waals surface area contributed by atoms with Gasteiger partial charge in [-0.15, -0.1) is 0 Å². The Bertz CT molecular complexity index is 907. The summed E-state index contributed by atoms with van der Waals surface area (Å²) in [5, 5.41) is 0.798. The van der Waals surface area contributed by atoms with Gasteiger partial charge in [0, 0.05) is 12.5 Å². The van der Waals surface area contributed by atoms with E-state index in [1.54, 1.807) is 19.2 Å². The summed E-state index contributed by atoms with van der Waals surface area (Å²) < 4.78 is 24.4. The molecular weight excluding hydrogens is 375 g/mol. The van der Waals surface area contributed by atoms with Crippen LogP contribution < -0.4 is 9.47 Å². The molecule has 0 aliphatic rings. The second-order valence-corrected chi connectivity index (χ2v) is 6.50. The monoisotopic (exact) mass is 390 g/mol. The van der Waals surface area contributed by atoms with E-state index in [1.807, 2.05) is 30.5 Å². The fraction of sp³-hybridized carbons (Fsp3) is 0.158. The van der Waals surface area contributed by atoms with Crippen molar-refractivity contribution in [1.82, 2.24) is 9.97 Å². The van der Waals surface area contributed by atoms with Crippen molar-refractivity contribution in [1.29, 1.82) is 0 Å². The Morgan fingerprint density at radius 3 is 2.50 bits per heavy atom. The molecule has 26 heavy (non-hydrogen) atoms. The van der Waals surface area contributed by atoms with Gasteiger partial charge in [0.05, 0.1) is 12.7 Å². The highest BCUT2D eigenvalue weighted by Gasteiger charge is 2.16. The van der Waals surface area contributed by atoms with Gasteiger partial charge in [-0.25, -0.2) is 9.37 Å². The third-order valence-corrected chi connectivity index (χ3v) is 4.49. The van der Waals surface area contributed by atoms with Gasteiger partial charge in [-0.3, -0.25) is 0 Å². The van der Waals surface area contributed by atoms with Gasteiger partial charge in [-0.2, -0.15) is 4.98 Å². The minimum Gasteiger partial charge on any atom is -0.497 e. The summed E-state index contributed by atoms with van der Waals surface area (Å²) in [4.78, 5) is 8.68. The highest BCUT2D eigenvalue weighted by molar-refractivity contribution is 7.98. The molecule has 0 unspecified atom stereocenters. The molecule has 0 fully saturated rings. The predicted octanol–water partition coefficient (Wildman–Crippen LogP) is 5.38. The van der Waals surface area contributed by atoms with Crippen LogP contribution in [0.5, 0.6) is 17.4 Å². The second kappa shape index (κ2) is 8.38. The number of halogens is 2. The smallest absolute Gasteiger partial charge is 0.228 e. The van der Waals surface area contributed by atoms with Crippen LogP contribution in [0.4, 0.5) is 4.39 Å². The van der Waals surface area contributed by atoms with Crippen molar-refractivity contribution in [3.8, 4) is 17.4 Å². The van der Waals surface area contributed by atoms with Gasteiger partial charge in [0.1, 0.15) is 22.5 Å². The average Bonchev–Trinajstić information content (AvgIpc) is 2.65. The average molecular weight is 391 g/mol. The van der Waals surface area contributed by atoms with Crippen molar-refractivity contribution in [3.63, 3.8) is 0 Å². The van der Waals surface area contributed by atoms with Gasteiger partial charge in [-0.05, 0) is 36.1 Å². The van der Waals surface area contributed by atoms with Crippen LogP contribution in [0.2, 0.25) is 5.15 Å². The van der Waals surface area contributed by atoms with Gasteiger partial charge >= 0.3 is 0 Å². The summed E-state index contributed by atoms with van der Waals surface area (Å²) >= 11 is 7.73. The number of aromatic nitrogens is 2. The summed E-state index contributed by atoms with van der Waals surface area (Å²) in [6, 6.07) is 13.5. The molecule has 0 saturated carbocycles. The molecular formula is C19H16ClFN2O2S. The van der Waals surface area contributed by atoms with Crippen LogP contribution in [-0.2, 0) is 6.42 Å². The van der Waals surface area contributed by atoms with Crippen LogP contribution >= 0.6 is 23.4 Å². The van der Waals surface area contributed by atoms with E-state index in [9.17, 15) is 4.39 Å². The summed E-state index contributed by atoms with van der Waals surface area (Å²) in [6.45, 7) is 0. The van der Waals surface area contributed by atoms with Gasteiger partial charge < -0.3 is 9.47 Å². The van der Waals surface area contributed by atoms with Gasteiger partial charge in [-0.1, -0.05) is 41.6 Å². The van der Waals surface area contributed by atoms with Crippen molar-refractivity contribution >= 4 is 23.4 Å². The zero-order valence-corrected chi connectivity index (χ0v) is 15.8. The van der Waals surface area contributed by atoms with Gasteiger partial charge in [0.25, 0.3) is 0 Å². The maximum absolute atomic E-state index is 13.5. The maximum atomic E-state index is 13.5. The van der Waals surface area contributed by atoms with E-state index in [1.165, 1.54) is 23.9 Å². The summed E-state index contributed by atoms with van der Waals surface area (Å²) in [6.07, 6.45) is 2.32. The van der Waals surface area contributed by atoms with Crippen molar-refractivity contribution in [2.45, 2.75) is 11.6 Å². The quantitative estimate of drug-likeness (QED) is 0.321. The molecule has 3 rings (SSSR count). The zero-order chi connectivity index (χ0) is 18.5. The Kier molecular flexibility index (Phi) is 5.96. The molecule has 4 nitrogen and oxygen atoms in total. The van der Waals surface area contributed by atoms with Crippen molar-refractivity contribution in [2.24, 2.45) is 0 Å². The number of rotatable bonds is 6. The highest BCUT2D eigenvalue weighted by Crippen LogP contribution is 2.32. The van der Waals surface area contributed by atoms with Crippen LogP contribution in [-0.4, -0.2) is 23.3 Å². The van der Waals surface area contributed by atoms with Crippen LogP contribution in [0.25, 0.3) is 0 Å². The van der Waals surface area contributed by atoms with Gasteiger partial charge in [0.15, 0.2) is 5.16 Å². The Hall–Kier alpha value is -2.31. The highest BCUT2D eigenvalue weighted by atomic mass is 35.5. The third-order valence-electron chi connectivity index (χ3n) is 3.63. The number of methoxy groups -OCH3 is 1. The first-order valence-electron chi connectivity index (χ1n) is 7.76. The molecule has 2 aromatic carbocycles. The minimum absolute atomic E-state index is 0.312. The number of hydrogen-bond donors (Lipinski definition) is 0. The lowest BCUT2D eigenvalue weighted by molar-refractivity contribution is 0.414. The van der Waals surface area contributed by atoms with E-state index >= 15 is 0 Å². The lowest BCUT2D eigenvalue weighted by Crippen LogP contribution is -2.01. The fourth-order valence-electron chi connectivity index (χ4n) is 2.33. The van der Waals surface area contributed by atoms with E-state index < -0.39 is 0 Å². The molecule has 0 bridgehead atoms. The number of hydrogen-bond acceptors (Lipinski definition) is 5. The molecule has 7 heteroatoms. The number of thioether (sulfide) groups is 1. The Morgan fingerprint density at radius 1 is 1.08 bits per heavy atom. The largest absolute Gasteiger partial charge is 0.497 e. The molecule has 0 saturated heterocycles. The van der Waals surface area contributed by atoms with Crippen molar-refractivity contribution < 1.29 is 13.9 Å². The first-order chi connectivity index (χ1) is 12.6. The lowest BCUT2D eigenvalue weighted by atomic mass is 10.1. The molecule has 1 aromatic heterocycles. The minimum atomic E-state index is -0.385. The third kappa shape index (κ3) is 4.45. The first-order valence-corrected chi connectivity index (χ1v) is 9.36. The summed E-state index contributed by atoms with van der Waals surface area (Å²) in [5.74, 6) is 1.05. The maximum Gasteiger partial charge on any atom is 0.228 e. The predicted molar refractivity (Wildman–Crippen MR) is 101 cm³/mol. The van der Waals surface area contributed by atoms with Crippen LogP contribution in [0, 0.1) is 5.82 Å². The molecule has 0 aliphatic heterocycles. The number of benzene rings is 2. The molecule has 0 atom stereocenters. The zero-order valence-electron chi connectivity index (χ0n) is 14.2. The van der Waals surface area contributed by atoms with Crippen LogP contribution in [0.1, 0.15) is 11.1 Å². The molecule has 0 amide bonds. The molecule has 0 aliphatic carbocycles. The molecule has 3 aromatic rings. The molecule has 1 heterocycles.